The first-order valence-corrected chi connectivity index (χ1v) is 4.60. The van der Waals surface area contributed by atoms with E-state index in [0.29, 0.717) is 5.75 Å². The largest absolute Gasteiger partial charge is 0.254 e. The maximum Gasteiger partial charge on any atom is 0.0526 e. The summed E-state index contributed by atoms with van der Waals surface area (Å²) in [5, 5.41) is 0. The summed E-state index contributed by atoms with van der Waals surface area (Å²) in [7, 11) is -0.790. The molecule has 0 aromatic heterocycles. The Morgan fingerprint density at radius 1 is 1.30 bits per heavy atom. The number of rotatable bonds is 2. The third-order valence-electron chi connectivity index (χ3n) is 1.27. The minimum Gasteiger partial charge on any atom is -0.254 e. The van der Waals surface area contributed by atoms with Crippen molar-refractivity contribution in [2.24, 2.45) is 0 Å². The van der Waals surface area contributed by atoms with Gasteiger partial charge in [0.05, 0.1) is 10.8 Å². The molecule has 0 unspecified atom stereocenters. The van der Waals surface area contributed by atoms with Crippen LogP contribution in [0.3, 0.4) is 0 Å². The van der Waals surface area contributed by atoms with Crippen LogP contribution in [0.25, 0.3) is 0 Å². The van der Waals surface area contributed by atoms with Gasteiger partial charge in [0, 0.05) is 10.6 Å². The molecule has 1 nitrogen and oxygen atoms in total. The summed E-state index contributed by atoms with van der Waals surface area (Å²) in [4.78, 5) is 0.921. The highest BCUT2D eigenvalue weighted by Crippen LogP contribution is 2.03. The van der Waals surface area contributed by atoms with Crippen molar-refractivity contribution in [2.75, 3.05) is 5.75 Å². The van der Waals surface area contributed by atoms with E-state index in [2.05, 4.69) is 0 Å². The molecule has 0 saturated heterocycles. The minimum absolute atomic E-state index is 0.698. The maximum atomic E-state index is 11.1. The fourth-order valence-corrected chi connectivity index (χ4v) is 1.53. The second-order valence-corrected chi connectivity index (χ2v) is 3.69. The van der Waals surface area contributed by atoms with E-state index in [-0.39, 0.29) is 0 Å². The van der Waals surface area contributed by atoms with Gasteiger partial charge in [-0.2, -0.15) is 0 Å². The van der Waals surface area contributed by atoms with Gasteiger partial charge in [0.15, 0.2) is 0 Å². The van der Waals surface area contributed by atoms with E-state index in [0.717, 1.165) is 4.90 Å². The third kappa shape index (κ3) is 1.67. The molecule has 0 fully saturated rings. The normalized spacial score (nSPS) is 12.9. The summed E-state index contributed by atoms with van der Waals surface area (Å²) in [6, 6.07) is 9.52. The molecule has 0 bridgehead atoms. The van der Waals surface area contributed by atoms with Gasteiger partial charge >= 0.3 is 0 Å². The van der Waals surface area contributed by atoms with Crippen molar-refractivity contribution >= 4 is 10.8 Å². The maximum absolute atomic E-state index is 11.1. The SMILES string of the molecule is CC[S@](=O)c1ccccc1. The molecule has 0 aliphatic rings. The van der Waals surface area contributed by atoms with Crippen LogP contribution in [-0.4, -0.2) is 9.96 Å². The van der Waals surface area contributed by atoms with Gasteiger partial charge in [-0.15, -0.1) is 0 Å². The van der Waals surface area contributed by atoms with Crippen molar-refractivity contribution in [3.63, 3.8) is 0 Å². The Morgan fingerprint density at radius 3 is 2.40 bits per heavy atom. The van der Waals surface area contributed by atoms with Gasteiger partial charge in [0.25, 0.3) is 0 Å². The van der Waals surface area contributed by atoms with Crippen LogP contribution in [-0.2, 0) is 10.8 Å². The quantitative estimate of drug-likeness (QED) is 0.635. The molecular formula is C8H10OS. The van der Waals surface area contributed by atoms with Gasteiger partial charge in [-0.3, -0.25) is 4.21 Å². The molecule has 0 saturated carbocycles. The molecule has 0 radical (unpaired) electrons. The Kier molecular flexibility index (Phi) is 2.63. The zero-order valence-electron chi connectivity index (χ0n) is 5.91. The Labute approximate surface area is 63.5 Å². The van der Waals surface area contributed by atoms with E-state index in [1.807, 2.05) is 37.3 Å². The van der Waals surface area contributed by atoms with Gasteiger partial charge in [0.2, 0.25) is 0 Å². The molecule has 10 heavy (non-hydrogen) atoms. The van der Waals surface area contributed by atoms with E-state index in [1.165, 1.54) is 0 Å². The Hall–Kier alpha value is -0.630. The van der Waals surface area contributed by atoms with Crippen LogP contribution in [0.2, 0.25) is 0 Å². The van der Waals surface area contributed by atoms with Crippen LogP contribution in [0.15, 0.2) is 35.2 Å². The van der Waals surface area contributed by atoms with Crippen LogP contribution < -0.4 is 0 Å². The number of hydrogen-bond donors (Lipinski definition) is 0. The summed E-state index contributed by atoms with van der Waals surface area (Å²) in [5.41, 5.74) is 0. The molecule has 0 heterocycles. The highest BCUT2D eigenvalue weighted by atomic mass is 32.2. The van der Waals surface area contributed by atoms with Gasteiger partial charge in [0.1, 0.15) is 0 Å². The lowest BCUT2D eigenvalue weighted by Gasteiger charge is -1.95. The number of hydrogen-bond acceptors (Lipinski definition) is 1. The first-order chi connectivity index (χ1) is 4.84. The molecule has 1 aromatic carbocycles. The van der Waals surface area contributed by atoms with Crippen molar-refractivity contribution in [3.05, 3.63) is 30.3 Å². The summed E-state index contributed by atoms with van der Waals surface area (Å²) in [5.74, 6) is 0.698. The molecule has 2 heteroatoms. The van der Waals surface area contributed by atoms with Gasteiger partial charge in [-0.25, -0.2) is 0 Å². The van der Waals surface area contributed by atoms with E-state index in [9.17, 15) is 4.21 Å². The lowest BCUT2D eigenvalue weighted by Crippen LogP contribution is -1.92. The standard InChI is InChI=1S/C8H10OS/c1-2-10(9)8-6-4-3-5-7-8/h3-7H,2H2,1H3/t10-/m0/s1. The van der Waals surface area contributed by atoms with Crippen molar-refractivity contribution in [2.45, 2.75) is 11.8 Å². The topological polar surface area (TPSA) is 17.1 Å². The Balaban J connectivity index is 2.85. The summed E-state index contributed by atoms with van der Waals surface area (Å²) >= 11 is 0. The molecule has 1 aromatic rings. The smallest absolute Gasteiger partial charge is 0.0526 e. The van der Waals surface area contributed by atoms with Crippen molar-refractivity contribution in [3.8, 4) is 0 Å². The second kappa shape index (κ2) is 3.52. The van der Waals surface area contributed by atoms with E-state index < -0.39 is 10.8 Å². The van der Waals surface area contributed by atoms with Gasteiger partial charge in [-0.1, -0.05) is 25.1 Å². The predicted molar refractivity (Wildman–Crippen MR) is 43.4 cm³/mol. The monoisotopic (exact) mass is 154 g/mol. The summed E-state index contributed by atoms with van der Waals surface area (Å²) < 4.78 is 11.1. The average Bonchev–Trinajstić information content (AvgIpc) is 2.05. The lowest BCUT2D eigenvalue weighted by atomic mass is 10.4. The summed E-state index contributed by atoms with van der Waals surface area (Å²) in [6.45, 7) is 1.92. The molecule has 0 aliphatic heterocycles. The summed E-state index contributed by atoms with van der Waals surface area (Å²) in [6.07, 6.45) is 0. The molecule has 0 aliphatic carbocycles. The fourth-order valence-electron chi connectivity index (χ4n) is 0.739. The zero-order valence-corrected chi connectivity index (χ0v) is 6.73. The van der Waals surface area contributed by atoms with Crippen molar-refractivity contribution in [1.82, 2.24) is 0 Å². The second-order valence-electron chi connectivity index (χ2n) is 1.95. The van der Waals surface area contributed by atoms with Crippen LogP contribution in [0.5, 0.6) is 0 Å². The van der Waals surface area contributed by atoms with Crippen molar-refractivity contribution in [1.29, 1.82) is 0 Å². The number of benzene rings is 1. The first kappa shape index (κ1) is 7.48. The van der Waals surface area contributed by atoms with Crippen molar-refractivity contribution < 1.29 is 4.21 Å². The van der Waals surface area contributed by atoms with Crippen LogP contribution in [0.4, 0.5) is 0 Å². The molecule has 0 amide bonds. The molecule has 0 spiro atoms. The highest BCUT2D eigenvalue weighted by Gasteiger charge is 1.96. The highest BCUT2D eigenvalue weighted by molar-refractivity contribution is 7.85. The molecular weight excluding hydrogens is 144 g/mol. The lowest BCUT2D eigenvalue weighted by molar-refractivity contribution is 0.684. The van der Waals surface area contributed by atoms with E-state index in [1.54, 1.807) is 0 Å². The van der Waals surface area contributed by atoms with Crippen LogP contribution in [0.1, 0.15) is 6.92 Å². The molecule has 54 valence electrons. The van der Waals surface area contributed by atoms with E-state index >= 15 is 0 Å². The zero-order chi connectivity index (χ0) is 7.40. The molecule has 1 rings (SSSR count). The minimum atomic E-state index is -0.790. The average molecular weight is 154 g/mol. The first-order valence-electron chi connectivity index (χ1n) is 3.28. The van der Waals surface area contributed by atoms with Gasteiger partial charge in [-0.05, 0) is 12.1 Å². The fraction of sp³-hybridized carbons (Fsp3) is 0.250. The molecule has 1 atom stereocenters. The van der Waals surface area contributed by atoms with E-state index in [4.69, 9.17) is 0 Å². The molecule has 0 N–H and O–H groups in total. The van der Waals surface area contributed by atoms with Gasteiger partial charge < -0.3 is 0 Å². The third-order valence-corrected chi connectivity index (χ3v) is 2.59. The predicted octanol–water partition coefficient (Wildman–Crippen LogP) is 1.81. The van der Waals surface area contributed by atoms with Crippen LogP contribution in [0, 0.1) is 0 Å². The Morgan fingerprint density at radius 2 is 1.90 bits per heavy atom. The van der Waals surface area contributed by atoms with Crippen LogP contribution >= 0.6 is 0 Å². The Bertz CT molecular complexity index is 218.